The minimum atomic E-state index is -0.249. The van der Waals surface area contributed by atoms with Crippen LogP contribution in [0.15, 0.2) is 35.7 Å². The van der Waals surface area contributed by atoms with E-state index in [1.165, 1.54) is 28.4 Å². The summed E-state index contributed by atoms with van der Waals surface area (Å²) in [6, 6.07) is 10.7. The molecule has 1 heterocycles. The van der Waals surface area contributed by atoms with Gasteiger partial charge in [-0.05, 0) is 23.6 Å². The standard InChI is InChI=1S/C17H16FN3OS/c18-14-3-1-12(2-4-14)10-21(15-5-6-15)11-16(22)20-17-13(9-19)7-8-23-17/h1-4,7-8,15H,5-6,10-11H2,(H,20,22)/p+1. The van der Waals surface area contributed by atoms with Gasteiger partial charge in [0.05, 0.1) is 11.6 Å². The highest BCUT2D eigenvalue weighted by atomic mass is 32.1. The van der Waals surface area contributed by atoms with Crippen molar-refractivity contribution in [1.82, 2.24) is 0 Å². The van der Waals surface area contributed by atoms with Crippen LogP contribution in [-0.2, 0) is 11.3 Å². The van der Waals surface area contributed by atoms with Crippen molar-refractivity contribution >= 4 is 22.2 Å². The van der Waals surface area contributed by atoms with Crippen molar-refractivity contribution in [3.63, 3.8) is 0 Å². The lowest BCUT2D eigenvalue weighted by Crippen LogP contribution is -3.13. The molecule has 2 aromatic rings. The summed E-state index contributed by atoms with van der Waals surface area (Å²) >= 11 is 1.35. The number of benzene rings is 1. The fourth-order valence-corrected chi connectivity index (χ4v) is 3.33. The molecule has 4 nitrogen and oxygen atoms in total. The van der Waals surface area contributed by atoms with Crippen molar-refractivity contribution < 1.29 is 14.1 Å². The highest BCUT2D eigenvalue weighted by Gasteiger charge is 2.34. The first-order chi connectivity index (χ1) is 11.2. The molecule has 0 radical (unpaired) electrons. The lowest BCUT2D eigenvalue weighted by atomic mass is 10.2. The summed E-state index contributed by atoms with van der Waals surface area (Å²) in [6.07, 6.45) is 2.23. The van der Waals surface area contributed by atoms with E-state index in [2.05, 4.69) is 11.4 Å². The van der Waals surface area contributed by atoms with Gasteiger partial charge in [0.1, 0.15) is 23.4 Å². The quantitative estimate of drug-likeness (QED) is 0.850. The molecule has 118 valence electrons. The highest BCUT2D eigenvalue weighted by Crippen LogP contribution is 2.22. The molecule has 0 saturated heterocycles. The number of amides is 1. The first kappa shape index (κ1) is 15.7. The maximum absolute atomic E-state index is 13.0. The summed E-state index contributed by atoms with van der Waals surface area (Å²) in [5, 5.41) is 14.2. The number of rotatable bonds is 6. The second-order valence-corrected chi connectivity index (χ2v) is 6.65. The number of nitrogens with zero attached hydrogens (tertiary/aromatic N) is 1. The second kappa shape index (κ2) is 6.90. The smallest absolute Gasteiger partial charge is 0.280 e. The zero-order chi connectivity index (χ0) is 16.2. The van der Waals surface area contributed by atoms with E-state index in [-0.39, 0.29) is 11.7 Å². The van der Waals surface area contributed by atoms with E-state index in [4.69, 9.17) is 5.26 Å². The van der Waals surface area contributed by atoms with Crippen molar-refractivity contribution in [2.45, 2.75) is 25.4 Å². The van der Waals surface area contributed by atoms with E-state index in [1.807, 2.05) is 0 Å². The lowest BCUT2D eigenvalue weighted by molar-refractivity contribution is -0.916. The largest absolute Gasteiger partial charge is 0.321 e. The molecule has 0 aliphatic heterocycles. The van der Waals surface area contributed by atoms with Crippen LogP contribution in [0.1, 0.15) is 24.0 Å². The van der Waals surface area contributed by atoms with Gasteiger partial charge in [-0.1, -0.05) is 12.1 Å². The summed E-state index contributed by atoms with van der Waals surface area (Å²) in [5.74, 6) is -0.339. The number of anilines is 1. The molecule has 1 atom stereocenters. The van der Waals surface area contributed by atoms with Crippen molar-refractivity contribution in [2.75, 3.05) is 11.9 Å². The Morgan fingerprint density at radius 2 is 2.09 bits per heavy atom. The Labute approximate surface area is 138 Å². The van der Waals surface area contributed by atoms with E-state index in [9.17, 15) is 9.18 Å². The van der Waals surface area contributed by atoms with Crippen molar-refractivity contribution in [2.24, 2.45) is 0 Å². The van der Waals surface area contributed by atoms with Crippen LogP contribution in [-0.4, -0.2) is 18.5 Å². The molecule has 23 heavy (non-hydrogen) atoms. The predicted octanol–water partition coefficient (Wildman–Crippen LogP) is 1.94. The number of carbonyl (C=O) groups is 1. The van der Waals surface area contributed by atoms with Gasteiger partial charge in [0.25, 0.3) is 5.91 Å². The Balaban J connectivity index is 1.62. The molecule has 1 aliphatic rings. The zero-order valence-corrected chi connectivity index (χ0v) is 13.3. The molecule has 1 aromatic heterocycles. The fourth-order valence-electron chi connectivity index (χ4n) is 2.58. The maximum atomic E-state index is 13.0. The van der Waals surface area contributed by atoms with Gasteiger partial charge < -0.3 is 10.2 Å². The molecule has 1 aromatic carbocycles. The van der Waals surface area contributed by atoms with E-state index in [0.29, 0.717) is 29.7 Å². The van der Waals surface area contributed by atoms with Crippen LogP contribution in [0, 0.1) is 17.1 Å². The van der Waals surface area contributed by atoms with Gasteiger partial charge in [0.2, 0.25) is 0 Å². The molecule has 1 fully saturated rings. The van der Waals surface area contributed by atoms with E-state index < -0.39 is 0 Å². The Morgan fingerprint density at radius 1 is 1.35 bits per heavy atom. The summed E-state index contributed by atoms with van der Waals surface area (Å²) in [5.41, 5.74) is 1.52. The average molecular weight is 330 g/mol. The van der Waals surface area contributed by atoms with Gasteiger partial charge in [0.15, 0.2) is 6.54 Å². The number of carbonyl (C=O) groups excluding carboxylic acids is 1. The van der Waals surface area contributed by atoms with Gasteiger partial charge >= 0.3 is 0 Å². The minimum Gasteiger partial charge on any atom is -0.321 e. The molecular formula is C17H17FN3OS+. The fraction of sp³-hybridized carbons (Fsp3) is 0.294. The predicted molar refractivity (Wildman–Crippen MR) is 86.6 cm³/mol. The number of nitrogens with one attached hydrogen (secondary N) is 2. The topological polar surface area (TPSA) is 57.3 Å². The number of thiophene rings is 1. The van der Waals surface area contributed by atoms with Crippen molar-refractivity contribution in [3.05, 3.63) is 52.7 Å². The Kier molecular flexibility index (Phi) is 4.70. The summed E-state index contributed by atoms with van der Waals surface area (Å²) in [6.45, 7) is 1.05. The summed E-state index contributed by atoms with van der Waals surface area (Å²) in [7, 11) is 0. The lowest BCUT2D eigenvalue weighted by Gasteiger charge is -2.18. The van der Waals surface area contributed by atoms with Crippen LogP contribution in [0.4, 0.5) is 9.39 Å². The Bertz CT molecular complexity index is 731. The molecule has 0 spiro atoms. The zero-order valence-electron chi connectivity index (χ0n) is 12.5. The van der Waals surface area contributed by atoms with Crippen LogP contribution in [0.3, 0.4) is 0 Å². The average Bonchev–Trinajstić information content (AvgIpc) is 3.29. The third-order valence-electron chi connectivity index (χ3n) is 3.93. The van der Waals surface area contributed by atoms with E-state index in [1.54, 1.807) is 23.6 Å². The third-order valence-corrected chi connectivity index (χ3v) is 4.76. The van der Waals surface area contributed by atoms with E-state index >= 15 is 0 Å². The number of hydrogen-bond acceptors (Lipinski definition) is 3. The SMILES string of the molecule is N#Cc1ccsc1NC(=O)C[NH+](Cc1ccc(F)cc1)C1CC1. The van der Waals surface area contributed by atoms with Gasteiger partial charge in [-0.2, -0.15) is 5.26 Å². The van der Waals surface area contributed by atoms with Crippen molar-refractivity contribution in [1.29, 1.82) is 5.26 Å². The number of quaternary nitrogens is 1. The van der Waals surface area contributed by atoms with Crippen molar-refractivity contribution in [3.8, 4) is 6.07 Å². The number of nitriles is 1. The summed E-state index contributed by atoms with van der Waals surface area (Å²) < 4.78 is 13.0. The first-order valence-electron chi connectivity index (χ1n) is 7.52. The van der Waals surface area contributed by atoms with Crippen LogP contribution in [0.5, 0.6) is 0 Å². The second-order valence-electron chi connectivity index (χ2n) is 5.74. The number of halogens is 1. The molecule has 1 amide bonds. The molecule has 1 saturated carbocycles. The normalized spacial score (nSPS) is 15.0. The summed E-state index contributed by atoms with van der Waals surface area (Å²) in [4.78, 5) is 13.5. The van der Waals surface area contributed by atoms with Crippen LogP contribution >= 0.6 is 11.3 Å². The number of hydrogen-bond donors (Lipinski definition) is 2. The van der Waals surface area contributed by atoms with Crippen LogP contribution < -0.4 is 10.2 Å². The highest BCUT2D eigenvalue weighted by molar-refractivity contribution is 7.14. The van der Waals surface area contributed by atoms with E-state index in [0.717, 1.165) is 18.4 Å². The first-order valence-corrected chi connectivity index (χ1v) is 8.40. The van der Waals surface area contributed by atoms with Gasteiger partial charge in [-0.15, -0.1) is 11.3 Å². The monoisotopic (exact) mass is 330 g/mol. The Hall–Kier alpha value is -2.23. The molecular weight excluding hydrogens is 313 g/mol. The van der Waals surface area contributed by atoms with Crippen LogP contribution in [0.2, 0.25) is 0 Å². The van der Waals surface area contributed by atoms with Gasteiger partial charge in [0, 0.05) is 18.4 Å². The molecule has 0 bridgehead atoms. The minimum absolute atomic E-state index is 0.0899. The van der Waals surface area contributed by atoms with Gasteiger partial charge in [-0.3, -0.25) is 4.79 Å². The third kappa shape index (κ3) is 4.15. The van der Waals surface area contributed by atoms with Crippen LogP contribution in [0.25, 0.3) is 0 Å². The molecule has 2 N–H and O–H groups in total. The molecule has 3 rings (SSSR count). The van der Waals surface area contributed by atoms with Gasteiger partial charge in [-0.25, -0.2) is 4.39 Å². The molecule has 1 unspecified atom stereocenters. The maximum Gasteiger partial charge on any atom is 0.280 e. The molecule has 6 heteroatoms. The molecule has 1 aliphatic carbocycles. The Morgan fingerprint density at radius 3 is 2.74 bits per heavy atom.